The van der Waals surface area contributed by atoms with Crippen molar-refractivity contribution >= 4 is 28.8 Å². The molecule has 0 unspecified atom stereocenters. The van der Waals surface area contributed by atoms with Crippen molar-refractivity contribution in [3.8, 4) is 11.1 Å². The van der Waals surface area contributed by atoms with Crippen LogP contribution in [0.5, 0.6) is 0 Å². The molecule has 0 spiro atoms. The van der Waals surface area contributed by atoms with Gasteiger partial charge in [-0.3, -0.25) is 9.59 Å². The standard InChI is InChI=1S/C24H27N3O2/c1-14(2)26-24(29)23(27-17(5)28)13-20-10-16(4)21(11-15(20)3)18-6-7-22-19(12-18)8-9-25-22/h6-14,25H,1-5H3,(H,26,29)(H,27,28). The summed E-state index contributed by atoms with van der Waals surface area (Å²) in [5.74, 6) is -0.574. The number of rotatable bonds is 5. The van der Waals surface area contributed by atoms with E-state index in [0.717, 1.165) is 33.3 Å². The van der Waals surface area contributed by atoms with Crippen LogP contribution in [0, 0.1) is 13.8 Å². The molecule has 3 rings (SSSR count). The molecule has 29 heavy (non-hydrogen) atoms. The Hall–Kier alpha value is -3.34. The molecule has 150 valence electrons. The number of aryl methyl sites for hydroxylation is 2. The van der Waals surface area contributed by atoms with Crippen LogP contribution in [-0.2, 0) is 9.59 Å². The average molecular weight is 389 g/mol. The van der Waals surface area contributed by atoms with Gasteiger partial charge in [-0.15, -0.1) is 0 Å². The van der Waals surface area contributed by atoms with Crippen LogP contribution in [0.2, 0.25) is 0 Å². The van der Waals surface area contributed by atoms with Crippen LogP contribution >= 0.6 is 0 Å². The van der Waals surface area contributed by atoms with E-state index in [1.54, 1.807) is 6.08 Å². The number of carbonyl (C=O) groups is 2. The summed E-state index contributed by atoms with van der Waals surface area (Å²) in [5.41, 5.74) is 6.68. The van der Waals surface area contributed by atoms with Crippen molar-refractivity contribution in [2.45, 2.75) is 40.7 Å². The highest BCUT2D eigenvalue weighted by molar-refractivity contribution is 6.01. The van der Waals surface area contributed by atoms with Gasteiger partial charge in [0.1, 0.15) is 5.70 Å². The van der Waals surface area contributed by atoms with E-state index in [-0.39, 0.29) is 23.6 Å². The third kappa shape index (κ3) is 4.74. The molecule has 3 aromatic rings. The maximum absolute atomic E-state index is 12.5. The predicted octanol–water partition coefficient (Wildman–Crippen LogP) is 4.45. The third-order valence-corrected chi connectivity index (χ3v) is 4.75. The zero-order chi connectivity index (χ0) is 21.1. The summed E-state index contributed by atoms with van der Waals surface area (Å²) in [4.78, 5) is 27.3. The number of nitrogens with one attached hydrogen (secondary N) is 3. The van der Waals surface area contributed by atoms with Crippen LogP contribution in [0.4, 0.5) is 0 Å². The number of carbonyl (C=O) groups excluding carboxylic acids is 2. The van der Waals surface area contributed by atoms with E-state index >= 15 is 0 Å². The van der Waals surface area contributed by atoms with E-state index in [1.165, 1.54) is 12.3 Å². The molecule has 0 aliphatic heterocycles. The summed E-state index contributed by atoms with van der Waals surface area (Å²) in [7, 11) is 0. The number of H-pyrrole nitrogens is 1. The van der Waals surface area contributed by atoms with Crippen molar-refractivity contribution in [2.75, 3.05) is 0 Å². The molecular formula is C24H27N3O2. The first-order valence-electron chi connectivity index (χ1n) is 9.73. The molecule has 2 aromatic carbocycles. The lowest BCUT2D eigenvalue weighted by Crippen LogP contribution is -2.37. The van der Waals surface area contributed by atoms with Crippen LogP contribution < -0.4 is 10.6 Å². The first kappa shape index (κ1) is 20.4. The normalized spacial score (nSPS) is 11.7. The van der Waals surface area contributed by atoms with Gasteiger partial charge in [-0.25, -0.2) is 0 Å². The molecule has 0 bridgehead atoms. The average Bonchev–Trinajstić information content (AvgIpc) is 3.10. The van der Waals surface area contributed by atoms with Crippen molar-refractivity contribution in [2.24, 2.45) is 0 Å². The molecule has 1 aromatic heterocycles. The van der Waals surface area contributed by atoms with Gasteiger partial charge in [0.15, 0.2) is 0 Å². The highest BCUT2D eigenvalue weighted by atomic mass is 16.2. The molecule has 3 N–H and O–H groups in total. The van der Waals surface area contributed by atoms with E-state index in [9.17, 15) is 9.59 Å². The van der Waals surface area contributed by atoms with Crippen LogP contribution in [0.1, 0.15) is 37.5 Å². The highest BCUT2D eigenvalue weighted by Gasteiger charge is 2.14. The quantitative estimate of drug-likeness (QED) is 0.564. The SMILES string of the molecule is CC(=O)NC(=Cc1cc(C)c(-c2ccc3[nH]ccc3c2)cc1C)C(=O)NC(C)C. The van der Waals surface area contributed by atoms with Crippen LogP contribution in [0.15, 0.2) is 48.3 Å². The van der Waals surface area contributed by atoms with E-state index in [0.29, 0.717) is 0 Å². The van der Waals surface area contributed by atoms with Crippen molar-refractivity contribution in [3.05, 3.63) is 65.0 Å². The Morgan fingerprint density at radius 2 is 1.79 bits per heavy atom. The summed E-state index contributed by atoms with van der Waals surface area (Å²) in [6, 6.07) is 12.6. The van der Waals surface area contributed by atoms with Crippen LogP contribution in [0.25, 0.3) is 28.1 Å². The molecule has 0 aliphatic carbocycles. The smallest absolute Gasteiger partial charge is 0.268 e. The number of amides is 2. The molecule has 0 saturated carbocycles. The Labute approximate surface area is 171 Å². The zero-order valence-electron chi connectivity index (χ0n) is 17.5. The molecule has 0 saturated heterocycles. The molecular weight excluding hydrogens is 362 g/mol. The Morgan fingerprint density at radius 3 is 2.48 bits per heavy atom. The fourth-order valence-electron chi connectivity index (χ4n) is 3.37. The lowest BCUT2D eigenvalue weighted by atomic mass is 9.94. The van der Waals surface area contributed by atoms with Gasteiger partial charge in [0.2, 0.25) is 5.91 Å². The summed E-state index contributed by atoms with van der Waals surface area (Å²) in [5, 5.41) is 6.65. The first-order valence-corrected chi connectivity index (χ1v) is 9.73. The second kappa shape index (κ2) is 8.35. The minimum Gasteiger partial charge on any atom is -0.361 e. The molecule has 5 nitrogen and oxygen atoms in total. The number of hydrogen-bond donors (Lipinski definition) is 3. The van der Waals surface area contributed by atoms with Gasteiger partial charge in [-0.05, 0) is 85.2 Å². The molecule has 0 atom stereocenters. The van der Waals surface area contributed by atoms with Gasteiger partial charge in [-0.1, -0.05) is 18.2 Å². The second-order valence-corrected chi connectivity index (χ2v) is 7.67. The van der Waals surface area contributed by atoms with Crippen molar-refractivity contribution in [1.29, 1.82) is 0 Å². The number of aromatic amines is 1. The van der Waals surface area contributed by atoms with E-state index in [4.69, 9.17) is 0 Å². The second-order valence-electron chi connectivity index (χ2n) is 7.67. The summed E-state index contributed by atoms with van der Waals surface area (Å²) in [6.07, 6.45) is 3.67. The Kier molecular flexibility index (Phi) is 5.87. The Bertz CT molecular complexity index is 1110. The van der Waals surface area contributed by atoms with Crippen LogP contribution in [0.3, 0.4) is 0 Å². The summed E-state index contributed by atoms with van der Waals surface area (Å²) >= 11 is 0. The fourth-order valence-corrected chi connectivity index (χ4v) is 3.37. The summed E-state index contributed by atoms with van der Waals surface area (Å²) in [6.45, 7) is 9.23. The monoisotopic (exact) mass is 389 g/mol. The topological polar surface area (TPSA) is 74.0 Å². The minimum atomic E-state index is -0.297. The maximum atomic E-state index is 12.5. The van der Waals surface area contributed by atoms with E-state index < -0.39 is 0 Å². The van der Waals surface area contributed by atoms with Gasteiger partial charge in [0.25, 0.3) is 5.91 Å². The van der Waals surface area contributed by atoms with E-state index in [2.05, 4.69) is 58.9 Å². The van der Waals surface area contributed by atoms with Crippen LogP contribution in [-0.4, -0.2) is 22.8 Å². The molecule has 0 aliphatic rings. The highest BCUT2D eigenvalue weighted by Crippen LogP contribution is 2.29. The van der Waals surface area contributed by atoms with Crippen molar-refractivity contribution in [3.63, 3.8) is 0 Å². The van der Waals surface area contributed by atoms with Crippen molar-refractivity contribution < 1.29 is 9.59 Å². The molecule has 5 heteroatoms. The molecule has 0 radical (unpaired) electrons. The van der Waals surface area contributed by atoms with E-state index in [1.807, 2.05) is 27.0 Å². The molecule has 2 amide bonds. The van der Waals surface area contributed by atoms with Crippen molar-refractivity contribution in [1.82, 2.24) is 15.6 Å². The van der Waals surface area contributed by atoms with Gasteiger partial charge >= 0.3 is 0 Å². The van der Waals surface area contributed by atoms with Gasteiger partial charge in [0, 0.05) is 24.7 Å². The Morgan fingerprint density at radius 1 is 1.03 bits per heavy atom. The van der Waals surface area contributed by atoms with Gasteiger partial charge in [0.05, 0.1) is 0 Å². The lowest BCUT2D eigenvalue weighted by Gasteiger charge is -2.14. The lowest BCUT2D eigenvalue weighted by molar-refractivity contribution is -0.122. The minimum absolute atomic E-state index is 0.0202. The third-order valence-electron chi connectivity index (χ3n) is 4.75. The van der Waals surface area contributed by atoms with Gasteiger partial charge < -0.3 is 15.6 Å². The van der Waals surface area contributed by atoms with Gasteiger partial charge in [-0.2, -0.15) is 0 Å². The molecule has 0 fully saturated rings. The largest absolute Gasteiger partial charge is 0.361 e. The first-order chi connectivity index (χ1) is 13.7. The number of hydrogen-bond acceptors (Lipinski definition) is 2. The number of fused-ring (bicyclic) bond motifs is 1. The maximum Gasteiger partial charge on any atom is 0.268 e. The predicted molar refractivity (Wildman–Crippen MR) is 118 cm³/mol. The Balaban J connectivity index is 2.01. The number of benzene rings is 2. The zero-order valence-corrected chi connectivity index (χ0v) is 17.5. The summed E-state index contributed by atoms with van der Waals surface area (Å²) < 4.78 is 0. The number of aromatic nitrogens is 1. The fraction of sp³-hybridized carbons (Fsp3) is 0.250. The molecule has 1 heterocycles.